The van der Waals surface area contributed by atoms with Crippen LogP contribution in [0.2, 0.25) is 0 Å². The fourth-order valence-electron chi connectivity index (χ4n) is 2.42. The lowest BCUT2D eigenvalue weighted by molar-refractivity contribution is -0.167. The van der Waals surface area contributed by atoms with E-state index >= 15 is 0 Å². The predicted molar refractivity (Wildman–Crippen MR) is 87.6 cm³/mol. The van der Waals surface area contributed by atoms with Gasteiger partial charge < -0.3 is 10.3 Å². The highest BCUT2D eigenvalue weighted by molar-refractivity contribution is 9.10. The van der Waals surface area contributed by atoms with Gasteiger partial charge in [0, 0.05) is 34.2 Å². The van der Waals surface area contributed by atoms with Crippen molar-refractivity contribution in [3.63, 3.8) is 0 Å². The maximum Gasteiger partial charge on any atom is 0.471 e. The Hall–Kier alpha value is -2.49. The Bertz CT molecular complexity index is 999. The summed E-state index contributed by atoms with van der Waals surface area (Å²) in [6.45, 7) is 0. The molecule has 3 rings (SSSR count). The maximum atomic E-state index is 14.5. The number of anilines is 1. The number of rotatable bonds is 3. The van der Waals surface area contributed by atoms with Crippen LogP contribution in [0, 0.1) is 11.6 Å². The van der Waals surface area contributed by atoms with Crippen LogP contribution in [0.1, 0.15) is 11.1 Å². The number of fused-ring (bicyclic) bond motifs is 1. The van der Waals surface area contributed by atoms with Crippen molar-refractivity contribution >= 4 is 38.6 Å². The summed E-state index contributed by atoms with van der Waals surface area (Å²) in [4.78, 5) is 17.9. The monoisotopic (exact) mass is 433 g/mol. The predicted octanol–water partition coefficient (Wildman–Crippen LogP) is 4.70. The third-order valence-corrected chi connectivity index (χ3v) is 4.08. The number of carbonyl (C=O) groups is 1. The van der Waals surface area contributed by atoms with Gasteiger partial charge in [-0.25, -0.2) is 13.8 Å². The van der Waals surface area contributed by atoms with Gasteiger partial charge in [0.25, 0.3) is 0 Å². The van der Waals surface area contributed by atoms with Crippen molar-refractivity contribution < 1.29 is 26.7 Å². The Kier molecular flexibility index (Phi) is 4.70. The van der Waals surface area contributed by atoms with Gasteiger partial charge in [0.2, 0.25) is 0 Å². The minimum atomic E-state index is -5.18. The van der Waals surface area contributed by atoms with Gasteiger partial charge in [-0.15, -0.1) is 0 Å². The van der Waals surface area contributed by atoms with Gasteiger partial charge in [-0.05, 0) is 39.7 Å². The number of halogens is 6. The third kappa shape index (κ3) is 3.55. The van der Waals surface area contributed by atoms with E-state index in [2.05, 4.69) is 25.9 Å². The number of benzene rings is 1. The van der Waals surface area contributed by atoms with Crippen molar-refractivity contribution in [3.05, 3.63) is 57.8 Å². The summed E-state index contributed by atoms with van der Waals surface area (Å²) in [6.07, 6.45) is -2.39. The summed E-state index contributed by atoms with van der Waals surface area (Å²) >= 11 is 3.24. The van der Waals surface area contributed by atoms with Gasteiger partial charge in [-0.1, -0.05) is 0 Å². The Morgan fingerprint density at radius 2 is 2.00 bits per heavy atom. The van der Waals surface area contributed by atoms with E-state index in [1.807, 2.05) is 0 Å². The molecule has 0 aliphatic heterocycles. The Morgan fingerprint density at radius 3 is 2.69 bits per heavy atom. The van der Waals surface area contributed by atoms with E-state index in [1.54, 1.807) is 6.07 Å². The highest BCUT2D eigenvalue weighted by Gasteiger charge is 2.39. The molecule has 26 heavy (non-hydrogen) atoms. The van der Waals surface area contributed by atoms with Crippen LogP contribution in [0.25, 0.3) is 11.0 Å². The first-order valence-corrected chi connectivity index (χ1v) is 7.92. The molecule has 0 radical (unpaired) electrons. The van der Waals surface area contributed by atoms with E-state index in [9.17, 15) is 26.7 Å². The van der Waals surface area contributed by atoms with E-state index in [0.29, 0.717) is 21.1 Å². The molecule has 0 saturated heterocycles. The van der Waals surface area contributed by atoms with Gasteiger partial charge >= 0.3 is 12.1 Å². The molecule has 0 aliphatic rings. The number of hydrogen-bond acceptors (Lipinski definition) is 2. The highest BCUT2D eigenvalue weighted by atomic mass is 79.9. The third-order valence-electron chi connectivity index (χ3n) is 3.64. The highest BCUT2D eigenvalue weighted by Crippen LogP contribution is 2.28. The van der Waals surface area contributed by atoms with Crippen LogP contribution in [-0.2, 0) is 11.2 Å². The molecule has 4 nitrogen and oxygen atoms in total. The second kappa shape index (κ2) is 6.67. The lowest BCUT2D eigenvalue weighted by Gasteiger charge is -2.12. The molecule has 0 aliphatic carbocycles. The molecule has 1 aromatic carbocycles. The van der Waals surface area contributed by atoms with E-state index in [4.69, 9.17) is 0 Å². The van der Waals surface area contributed by atoms with Gasteiger partial charge in [-0.3, -0.25) is 4.79 Å². The molecule has 0 fully saturated rings. The average molecular weight is 434 g/mol. The number of carbonyl (C=O) groups excluding carboxylic acids is 1. The van der Waals surface area contributed by atoms with Crippen molar-refractivity contribution in [2.24, 2.45) is 0 Å². The molecule has 2 aromatic heterocycles. The quantitative estimate of drug-likeness (QED) is 0.588. The molecule has 3 aromatic rings. The van der Waals surface area contributed by atoms with Gasteiger partial charge in [-0.2, -0.15) is 13.2 Å². The van der Waals surface area contributed by atoms with Crippen molar-refractivity contribution in [1.29, 1.82) is 0 Å². The van der Waals surface area contributed by atoms with Crippen LogP contribution in [-0.4, -0.2) is 22.1 Å². The zero-order chi connectivity index (χ0) is 19.1. The summed E-state index contributed by atoms with van der Waals surface area (Å²) in [5, 5.41) is 2.01. The number of aromatic nitrogens is 2. The maximum absolute atomic E-state index is 14.5. The van der Waals surface area contributed by atoms with E-state index < -0.39 is 35.0 Å². The minimum Gasteiger partial charge on any atom is -0.346 e. The van der Waals surface area contributed by atoms with Crippen molar-refractivity contribution in [2.45, 2.75) is 12.6 Å². The minimum absolute atomic E-state index is 0.245. The number of hydrogen-bond donors (Lipinski definition) is 2. The molecule has 0 unspecified atom stereocenters. The molecule has 0 bridgehead atoms. The van der Waals surface area contributed by atoms with Crippen LogP contribution in [0.5, 0.6) is 0 Å². The summed E-state index contributed by atoms with van der Waals surface area (Å²) in [7, 11) is 0. The Balaban J connectivity index is 1.98. The number of nitrogens with one attached hydrogen (secondary N) is 2. The zero-order valence-corrected chi connectivity index (χ0v) is 14.3. The van der Waals surface area contributed by atoms with Gasteiger partial charge in [0.15, 0.2) is 5.82 Å². The first-order valence-electron chi connectivity index (χ1n) is 7.13. The van der Waals surface area contributed by atoms with Crippen molar-refractivity contribution in [3.8, 4) is 0 Å². The largest absolute Gasteiger partial charge is 0.471 e. The van der Waals surface area contributed by atoms with Crippen LogP contribution < -0.4 is 5.32 Å². The summed E-state index contributed by atoms with van der Waals surface area (Å²) in [6, 6.07) is 3.23. The number of pyridine rings is 1. The van der Waals surface area contributed by atoms with E-state index in [1.165, 1.54) is 17.7 Å². The van der Waals surface area contributed by atoms with Crippen LogP contribution >= 0.6 is 15.9 Å². The Labute approximate surface area is 151 Å². The first-order chi connectivity index (χ1) is 12.2. The van der Waals surface area contributed by atoms with E-state index in [-0.39, 0.29) is 6.42 Å². The number of nitrogens with zero attached hydrogens (tertiary/aromatic N) is 1. The fourth-order valence-corrected chi connectivity index (χ4v) is 2.75. The standard InChI is InChI=1S/C16H9BrF5N3O/c17-8-4-9-7(5-23-14(9)24-6-8)3-10-11(18)1-2-12(13(10)19)25-15(26)16(20,21)22/h1-2,4-6H,3H2,(H,23,24)(H,25,26). The number of aromatic amines is 1. The molecule has 0 saturated carbocycles. The summed E-state index contributed by atoms with van der Waals surface area (Å²) in [5.41, 5.74) is -0.231. The molecule has 2 N–H and O–H groups in total. The topological polar surface area (TPSA) is 57.8 Å². The number of alkyl halides is 3. The molecule has 0 spiro atoms. The molecule has 10 heteroatoms. The number of H-pyrrole nitrogens is 1. The van der Waals surface area contributed by atoms with Gasteiger partial charge in [0.1, 0.15) is 11.5 Å². The summed E-state index contributed by atoms with van der Waals surface area (Å²) in [5.74, 6) is -4.54. The molecular weight excluding hydrogens is 425 g/mol. The SMILES string of the molecule is O=C(Nc1ccc(F)c(Cc2c[nH]c3ncc(Br)cc23)c1F)C(F)(F)F. The smallest absolute Gasteiger partial charge is 0.346 e. The molecule has 1 amide bonds. The summed E-state index contributed by atoms with van der Waals surface area (Å²) < 4.78 is 66.2. The number of amides is 1. The first kappa shape index (κ1) is 18.3. The van der Waals surface area contributed by atoms with Crippen LogP contribution in [0.4, 0.5) is 27.6 Å². The van der Waals surface area contributed by atoms with Gasteiger partial charge in [0.05, 0.1) is 5.69 Å². The lowest BCUT2D eigenvalue weighted by Crippen LogP contribution is -2.30. The second-order valence-corrected chi connectivity index (χ2v) is 6.30. The fraction of sp³-hybridized carbons (Fsp3) is 0.125. The average Bonchev–Trinajstić information content (AvgIpc) is 2.95. The molecule has 136 valence electrons. The second-order valence-electron chi connectivity index (χ2n) is 5.38. The Morgan fingerprint density at radius 1 is 1.27 bits per heavy atom. The zero-order valence-electron chi connectivity index (χ0n) is 12.7. The molecule has 0 atom stereocenters. The van der Waals surface area contributed by atoms with Crippen LogP contribution in [0.15, 0.2) is 35.1 Å². The normalized spacial score (nSPS) is 11.8. The van der Waals surface area contributed by atoms with Crippen molar-refractivity contribution in [2.75, 3.05) is 5.32 Å². The molecular formula is C16H9BrF5N3O. The van der Waals surface area contributed by atoms with Crippen molar-refractivity contribution in [1.82, 2.24) is 9.97 Å². The lowest BCUT2D eigenvalue weighted by atomic mass is 10.0. The van der Waals surface area contributed by atoms with E-state index in [0.717, 1.165) is 12.1 Å². The molecule has 2 heterocycles. The van der Waals surface area contributed by atoms with Crippen LogP contribution in [0.3, 0.4) is 0 Å².